The molecule has 1 saturated heterocycles. The van der Waals surface area contributed by atoms with Crippen LogP contribution in [0, 0.1) is 17.2 Å². The highest BCUT2D eigenvalue weighted by atomic mass is 16.5. The smallest absolute Gasteiger partial charge is 0.161 e. The Morgan fingerprint density at radius 1 is 1.26 bits per heavy atom. The van der Waals surface area contributed by atoms with Crippen molar-refractivity contribution in [3.63, 3.8) is 0 Å². The van der Waals surface area contributed by atoms with Gasteiger partial charge in [0.25, 0.3) is 0 Å². The number of hydrogen-bond donors (Lipinski definition) is 1. The normalized spacial score (nSPS) is 16.9. The van der Waals surface area contributed by atoms with Gasteiger partial charge in [0.15, 0.2) is 11.5 Å². The van der Waals surface area contributed by atoms with Gasteiger partial charge in [-0.1, -0.05) is 19.9 Å². The number of aliphatic hydroxyl groups excluding tert-OH is 1. The summed E-state index contributed by atoms with van der Waals surface area (Å²) in [5.74, 6) is 1.54. The maximum atomic E-state index is 10.2. The number of likely N-dealkylation sites (N-methyl/N-ethyl adjacent to an activating group) is 1. The van der Waals surface area contributed by atoms with Crippen LogP contribution in [0.5, 0.6) is 11.5 Å². The third-order valence-electron chi connectivity index (χ3n) is 5.20. The molecule has 1 fully saturated rings. The van der Waals surface area contributed by atoms with E-state index in [0.29, 0.717) is 18.0 Å². The van der Waals surface area contributed by atoms with Gasteiger partial charge in [0.1, 0.15) is 12.7 Å². The van der Waals surface area contributed by atoms with Gasteiger partial charge in [0.05, 0.1) is 13.2 Å². The van der Waals surface area contributed by atoms with Crippen LogP contribution >= 0.6 is 0 Å². The van der Waals surface area contributed by atoms with Crippen molar-refractivity contribution in [2.45, 2.75) is 39.3 Å². The van der Waals surface area contributed by atoms with Crippen LogP contribution in [0.15, 0.2) is 18.2 Å². The molecule has 0 saturated carbocycles. The zero-order chi connectivity index (χ0) is 19.6. The largest absolute Gasteiger partial charge is 0.493 e. The first kappa shape index (κ1) is 21.5. The van der Waals surface area contributed by atoms with Gasteiger partial charge in [-0.25, -0.2) is 0 Å². The van der Waals surface area contributed by atoms with Crippen LogP contribution in [0.4, 0.5) is 0 Å². The van der Waals surface area contributed by atoms with E-state index in [-0.39, 0.29) is 12.5 Å². The molecule has 1 N–H and O–H groups in total. The molecular formula is C21H33N3O3. The van der Waals surface area contributed by atoms with E-state index in [9.17, 15) is 5.11 Å². The summed E-state index contributed by atoms with van der Waals surface area (Å²) < 4.78 is 11.3. The average molecular weight is 376 g/mol. The van der Waals surface area contributed by atoms with Crippen LogP contribution < -0.4 is 9.47 Å². The van der Waals surface area contributed by atoms with Crippen LogP contribution in [0.1, 0.15) is 32.3 Å². The number of ether oxygens (including phenoxy) is 2. The lowest BCUT2D eigenvalue weighted by molar-refractivity contribution is 0.0705. The Morgan fingerprint density at radius 3 is 2.56 bits per heavy atom. The van der Waals surface area contributed by atoms with E-state index >= 15 is 0 Å². The van der Waals surface area contributed by atoms with Gasteiger partial charge in [-0.05, 0) is 56.7 Å². The number of methoxy groups -OCH3 is 1. The lowest BCUT2D eigenvalue weighted by Gasteiger charge is -2.29. The maximum absolute atomic E-state index is 10.2. The van der Waals surface area contributed by atoms with E-state index < -0.39 is 6.10 Å². The summed E-state index contributed by atoms with van der Waals surface area (Å²) >= 11 is 0. The van der Waals surface area contributed by atoms with Crippen LogP contribution in [0.2, 0.25) is 0 Å². The number of piperidine rings is 1. The van der Waals surface area contributed by atoms with E-state index in [1.54, 1.807) is 7.11 Å². The average Bonchev–Trinajstić information content (AvgIpc) is 2.71. The molecule has 2 rings (SSSR count). The Bertz CT molecular complexity index is 605. The minimum absolute atomic E-state index is 0.198. The molecule has 150 valence electrons. The monoisotopic (exact) mass is 375 g/mol. The first-order valence-electron chi connectivity index (χ1n) is 9.91. The molecule has 0 unspecified atom stereocenters. The second-order valence-electron chi connectivity index (χ2n) is 7.12. The van der Waals surface area contributed by atoms with Crippen molar-refractivity contribution in [3.8, 4) is 17.6 Å². The van der Waals surface area contributed by atoms with Gasteiger partial charge in [-0.2, -0.15) is 5.26 Å². The first-order chi connectivity index (χ1) is 13.1. The summed E-state index contributed by atoms with van der Waals surface area (Å²) in [6.07, 6.45) is 1.34. The van der Waals surface area contributed by atoms with E-state index in [2.05, 4.69) is 35.8 Å². The van der Waals surface area contributed by atoms with Crippen LogP contribution in [0.3, 0.4) is 0 Å². The van der Waals surface area contributed by atoms with E-state index in [1.807, 2.05) is 12.1 Å². The Labute approximate surface area is 163 Å². The molecule has 6 heteroatoms. The standard InChI is InChI=1S/C21H33N3O3/c1-4-23(5-2)15-19(25)16-27-21-12-18(6-7-20(21)26-3)14-24-10-8-17(13-22)9-11-24/h6-7,12,17,19,25H,4-5,8-11,14-16H2,1-3H3/t19-/m1/s1. The molecule has 0 bridgehead atoms. The highest BCUT2D eigenvalue weighted by Crippen LogP contribution is 2.29. The summed E-state index contributed by atoms with van der Waals surface area (Å²) in [7, 11) is 1.63. The SMILES string of the molecule is CCN(CC)C[C@@H](O)COc1cc(CN2CCC(C#N)CC2)ccc1OC. The Hall–Kier alpha value is -1.81. The quantitative estimate of drug-likeness (QED) is 0.678. The summed E-state index contributed by atoms with van der Waals surface area (Å²) in [6.45, 7) is 9.56. The van der Waals surface area contributed by atoms with Gasteiger partial charge in [-0.15, -0.1) is 0 Å². The molecule has 0 aromatic heterocycles. The summed E-state index contributed by atoms with van der Waals surface area (Å²) in [6, 6.07) is 8.34. The minimum atomic E-state index is -0.539. The van der Waals surface area contributed by atoms with Gasteiger partial charge in [0.2, 0.25) is 0 Å². The number of likely N-dealkylation sites (tertiary alicyclic amines) is 1. The van der Waals surface area contributed by atoms with E-state index in [4.69, 9.17) is 14.7 Å². The number of benzene rings is 1. The molecule has 0 radical (unpaired) electrons. The molecule has 1 atom stereocenters. The fraction of sp³-hybridized carbons (Fsp3) is 0.667. The summed E-state index contributed by atoms with van der Waals surface area (Å²) in [5, 5.41) is 19.3. The summed E-state index contributed by atoms with van der Waals surface area (Å²) in [4.78, 5) is 4.54. The Balaban J connectivity index is 1.93. The van der Waals surface area contributed by atoms with Crippen molar-refractivity contribution >= 4 is 0 Å². The molecule has 1 aromatic carbocycles. The fourth-order valence-corrected chi connectivity index (χ4v) is 3.43. The second-order valence-corrected chi connectivity index (χ2v) is 7.12. The molecule has 0 spiro atoms. The lowest BCUT2D eigenvalue weighted by atomic mass is 9.98. The van der Waals surface area contributed by atoms with E-state index in [0.717, 1.165) is 51.1 Å². The third kappa shape index (κ3) is 6.69. The molecule has 1 aliphatic rings. The number of nitriles is 1. The number of hydrogen-bond acceptors (Lipinski definition) is 6. The maximum Gasteiger partial charge on any atom is 0.161 e. The molecule has 0 amide bonds. The molecule has 6 nitrogen and oxygen atoms in total. The lowest BCUT2D eigenvalue weighted by Crippen LogP contribution is -2.35. The second kappa shape index (κ2) is 11.1. The van der Waals surface area contributed by atoms with Crippen LogP contribution in [0.25, 0.3) is 0 Å². The van der Waals surface area contributed by atoms with Crippen molar-refractivity contribution < 1.29 is 14.6 Å². The Morgan fingerprint density at radius 2 is 1.96 bits per heavy atom. The topological polar surface area (TPSA) is 69.0 Å². The van der Waals surface area contributed by atoms with Crippen molar-refractivity contribution in [1.29, 1.82) is 5.26 Å². The first-order valence-corrected chi connectivity index (χ1v) is 9.91. The zero-order valence-corrected chi connectivity index (χ0v) is 16.9. The molecule has 1 aliphatic heterocycles. The van der Waals surface area contributed by atoms with Crippen molar-refractivity contribution in [1.82, 2.24) is 9.80 Å². The third-order valence-corrected chi connectivity index (χ3v) is 5.20. The number of nitrogens with zero attached hydrogens (tertiary/aromatic N) is 3. The number of rotatable bonds is 10. The van der Waals surface area contributed by atoms with Gasteiger partial charge in [0, 0.05) is 19.0 Å². The van der Waals surface area contributed by atoms with Gasteiger partial charge >= 0.3 is 0 Å². The predicted octanol–water partition coefficient (Wildman–Crippen LogP) is 2.51. The van der Waals surface area contributed by atoms with Crippen molar-refractivity contribution in [2.24, 2.45) is 5.92 Å². The Kier molecular flexibility index (Phi) is 8.86. The minimum Gasteiger partial charge on any atom is -0.493 e. The van der Waals surface area contributed by atoms with Crippen molar-refractivity contribution in [3.05, 3.63) is 23.8 Å². The highest BCUT2D eigenvalue weighted by molar-refractivity contribution is 5.43. The fourth-order valence-electron chi connectivity index (χ4n) is 3.43. The van der Waals surface area contributed by atoms with Crippen molar-refractivity contribution in [2.75, 3.05) is 46.4 Å². The zero-order valence-electron chi connectivity index (χ0n) is 16.9. The molecular weight excluding hydrogens is 342 g/mol. The van der Waals surface area contributed by atoms with E-state index in [1.165, 1.54) is 0 Å². The van der Waals surface area contributed by atoms with Gasteiger partial charge in [-0.3, -0.25) is 4.90 Å². The predicted molar refractivity (Wildman–Crippen MR) is 106 cm³/mol. The molecule has 0 aliphatic carbocycles. The van der Waals surface area contributed by atoms with Crippen LogP contribution in [-0.2, 0) is 6.54 Å². The highest BCUT2D eigenvalue weighted by Gasteiger charge is 2.19. The number of aliphatic hydroxyl groups is 1. The summed E-state index contributed by atoms with van der Waals surface area (Å²) in [5.41, 5.74) is 1.15. The van der Waals surface area contributed by atoms with Gasteiger partial charge < -0.3 is 19.5 Å². The van der Waals surface area contributed by atoms with Crippen LogP contribution in [-0.4, -0.2) is 67.5 Å². The molecule has 27 heavy (non-hydrogen) atoms. The molecule has 1 aromatic rings. The molecule has 1 heterocycles.